The third-order valence-corrected chi connectivity index (χ3v) is 3.12. The zero-order valence-electron chi connectivity index (χ0n) is 9.53. The maximum atomic E-state index is 13.3. The van der Waals surface area contributed by atoms with Crippen molar-refractivity contribution in [3.8, 4) is 0 Å². The summed E-state index contributed by atoms with van der Waals surface area (Å²) < 4.78 is 13.7. The highest BCUT2D eigenvalue weighted by atomic mass is 79.9. The number of aliphatic carboxylic acids is 1. The van der Waals surface area contributed by atoms with Gasteiger partial charge in [-0.2, -0.15) is 0 Å². The molecule has 1 rings (SSSR count). The molecule has 0 aromatic heterocycles. The number of hydrogen-bond acceptors (Lipinski definition) is 2. The first kappa shape index (κ1) is 14.6. The summed E-state index contributed by atoms with van der Waals surface area (Å²) in [5.74, 6) is -1.30. The van der Waals surface area contributed by atoms with Gasteiger partial charge in [0.2, 0.25) is 6.41 Å². The molecule has 2 N–H and O–H groups in total. The number of rotatable bonds is 7. The number of carbonyl (C=O) groups excluding carboxylic acids is 1. The zero-order chi connectivity index (χ0) is 13.5. The molecule has 0 bridgehead atoms. The average molecular weight is 318 g/mol. The smallest absolute Gasteiger partial charge is 0.303 e. The summed E-state index contributed by atoms with van der Waals surface area (Å²) in [5.41, 5.74) is 0.709. The van der Waals surface area contributed by atoms with Gasteiger partial charge in [0.1, 0.15) is 5.82 Å². The number of amides is 1. The molecule has 0 heterocycles. The van der Waals surface area contributed by atoms with E-state index >= 15 is 0 Å². The molecule has 1 amide bonds. The highest BCUT2D eigenvalue weighted by molar-refractivity contribution is 9.10. The lowest BCUT2D eigenvalue weighted by Crippen LogP contribution is -2.30. The van der Waals surface area contributed by atoms with Gasteiger partial charge in [-0.1, -0.05) is 6.07 Å². The molecule has 1 unspecified atom stereocenters. The standard InChI is InChI=1S/C12H13BrFNO3/c13-10-3-1-8(6-11(10)14)5-9(15-7-16)2-4-12(17)18/h1,3,6-7,9H,2,4-5H2,(H,15,16)(H,17,18). The van der Waals surface area contributed by atoms with Crippen LogP contribution in [0.25, 0.3) is 0 Å². The highest BCUT2D eigenvalue weighted by Gasteiger charge is 2.12. The van der Waals surface area contributed by atoms with Gasteiger partial charge < -0.3 is 10.4 Å². The third-order valence-electron chi connectivity index (χ3n) is 2.48. The summed E-state index contributed by atoms with van der Waals surface area (Å²) in [7, 11) is 0. The van der Waals surface area contributed by atoms with Crippen LogP contribution in [-0.4, -0.2) is 23.5 Å². The molecule has 0 aliphatic rings. The van der Waals surface area contributed by atoms with Crippen molar-refractivity contribution in [2.45, 2.75) is 25.3 Å². The van der Waals surface area contributed by atoms with E-state index in [0.717, 1.165) is 0 Å². The Bertz CT molecular complexity index is 439. The summed E-state index contributed by atoms with van der Waals surface area (Å²) in [6, 6.07) is 4.37. The number of carbonyl (C=O) groups is 2. The van der Waals surface area contributed by atoms with E-state index in [0.29, 0.717) is 29.3 Å². The molecule has 98 valence electrons. The first-order valence-corrected chi connectivity index (χ1v) is 6.17. The van der Waals surface area contributed by atoms with Gasteiger partial charge in [-0.3, -0.25) is 9.59 Å². The Kier molecular flexibility index (Phi) is 5.77. The molecule has 18 heavy (non-hydrogen) atoms. The molecule has 0 saturated carbocycles. The van der Waals surface area contributed by atoms with Crippen molar-refractivity contribution < 1.29 is 19.1 Å². The lowest BCUT2D eigenvalue weighted by molar-refractivity contribution is -0.137. The van der Waals surface area contributed by atoms with Gasteiger partial charge in [0.05, 0.1) is 4.47 Å². The van der Waals surface area contributed by atoms with Crippen LogP contribution in [0.5, 0.6) is 0 Å². The zero-order valence-corrected chi connectivity index (χ0v) is 11.1. The average Bonchev–Trinajstić information content (AvgIpc) is 2.31. The minimum absolute atomic E-state index is 0.0372. The highest BCUT2D eigenvalue weighted by Crippen LogP contribution is 2.18. The fraction of sp³-hybridized carbons (Fsp3) is 0.333. The summed E-state index contributed by atoms with van der Waals surface area (Å²) in [6.07, 6.45) is 1.20. The van der Waals surface area contributed by atoms with Crippen molar-refractivity contribution in [2.24, 2.45) is 0 Å². The number of carboxylic acids is 1. The third kappa shape index (κ3) is 4.83. The number of halogens is 2. The van der Waals surface area contributed by atoms with Crippen LogP contribution in [-0.2, 0) is 16.0 Å². The van der Waals surface area contributed by atoms with Crippen molar-refractivity contribution in [3.63, 3.8) is 0 Å². The van der Waals surface area contributed by atoms with Crippen LogP contribution in [0.3, 0.4) is 0 Å². The summed E-state index contributed by atoms with van der Waals surface area (Å²) in [4.78, 5) is 20.9. The molecule has 1 aromatic rings. The minimum Gasteiger partial charge on any atom is -0.481 e. The van der Waals surface area contributed by atoms with E-state index in [1.807, 2.05) is 0 Å². The molecule has 0 aliphatic heterocycles. The Morgan fingerprint density at radius 3 is 2.83 bits per heavy atom. The summed E-state index contributed by atoms with van der Waals surface area (Å²) in [5, 5.41) is 11.1. The van der Waals surface area contributed by atoms with Gasteiger partial charge >= 0.3 is 5.97 Å². The van der Waals surface area contributed by atoms with Crippen LogP contribution >= 0.6 is 15.9 Å². The molecular weight excluding hydrogens is 305 g/mol. The van der Waals surface area contributed by atoms with E-state index in [-0.39, 0.29) is 18.3 Å². The largest absolute Gasteiger partial charge is 0.481 e. The predicted octanol–water partition coefficient (Wildman–Crippen LogP) is 2.11. The van der Waals surface area contributed by atoms with Crippen molar-refractivity contribution >= 4 is 28.3 Å². The lowest BCUT2D eigenvalue weighted by atomic mass is 10.0. The van der Waals surface area contributed by atoms with E-state index in [2.05, 4.69) is 21.2 Å². The Balaban J connectivity index is 2.66. The monoisotopic (exact) mass is 317 g/mol. The normalized spacial score (nSPS) is 11.9. The molecule has 0 saturated heterocycles. The Morgan fingerprint density at radius 2 is 2.28 bits per heavy atom. The summed E-state index contributed by atoms with van der Waals surface area (Å²) in [6.45, 7) is 0. The Morgan fingerprint density at radius 1 is 1.56 bits per heavy atom. The topological polar surface area (TPSA) is 66.4 Å². The van der Waals surface area contributed by atoms with Crippen LogP contribution in [0.4, 0.5) is 4.39 Å². The predicted molar refractivity (Wildman–Crippen MR) is 67.7 cm³/mol. The number of benzene rings is 1. The van der Waals surface area contributed by atoms with Crippen LogP contribution in [0.2, 0.25) is 0 Å². The fourth-order valence-corrected chi connectivity index (χ4v) is 1.84. The van der Waals surface area contributed by atoms with Crippen LogP contribution in [0, 0.1) is 5.82 Å². The van der Waals surface area contributed by atoms with Gasteiger partial charge in [-0.15, -0.1) is 0 Å². The van der Waals surface area contributed by atoms with Crippen LogP contribution in [0.15, 0.2) is 22.7 Å². The number of nitrogens with one attached hydrogen (secondary N) is 1. The second-order valence-electron chi connectivity index (χ2n) is 3.87. The molecule has 1 atom stereocenters. The quantitative estimate of drug-likeness (QED) is 0.757. The van der Waals surface area contributed by atoms with E-state index in [1.54, 1.807) is 12.1 Å². The van der Waals surface area contributed by atoms with E-state index in [1.165, 1.54) is 6.07 Å². The SMILES string of the molecule is O=CNC(CCC(=O)O)Cc1ccc(Br)c(F)c1. The second kappa shape index (κ2) is 7.10. The lowest BCUT2D eigenvalue weighted by Gasteiger charge is -2.15. The molecule has 0 radical (unpaired) electrons. The number of carboxylic acid groups (broad SMARTS) is 1. The molecule has 0 aliphatic carbocycles. The van der Waals surface area contributed by atoms with Gasteiger partial charge in [0, 0.05) is 12.5 Å². The van der Waals surface area contributed by atoms with E-state index in [9.17, 15) is 14.0 Å². The molecule has 6 heteroatoms. The maximum Gasteiger partial charge on any atom is 0.303 e. The van der Waals surface area contributed by atoms with E-state index < -0.39 is 5.97 Å². The molecule has 1 aromatic carbocycles. The molecule has 0 fully saturated rings. The molecule has 0 spiro atoms. The Hall–Kier alpha value is -1.43. The van der Waals surface area contributed by atoms with E-state index in [4.69, 9.17) is 5.11 Å². The van der Waals surface area contributed by atoms with Gasteiger partial charge in [0.25, 0.3) is 0 Å². The molecular formula is C12H13BrFNO3. The fourth-order valence-electron chi connectivity index (χ4n) is 1.59. The van der Waals surface area contributed by atoms with Gasteiger partial charge in [-0.25, -0.2) is 4.39 Å². The first-order chi connectivity index (χ1) is 8.52. The second-order valence-corrected chi connectivity index (χ2v) is 4.72. The molecule has 4 nitrogen and oxygen atoms in total. The summed E-state index contributed by atoms with van der Waals surface area (Å²) >= 11 is 3.05. The van der Waals surface area contributed by atoms with Crippen molar-refractivity contribution in [1.82, 2.24) is 5.32 Å². The van der Waals surface area contributed by atoms with Gasteiger partial charge in [0.15, 0.2) is 0 Å². The Labute approximate surface area is 112 Å². The van der Waals surface area contributed by atoms with Crippen molar-refractivity contribution in [1.29, 1.82) is 0 Å². The van der Waals surface area contributed by atoms with Crippen molar-refractivity contribution in [3.05, 3.63) is 34.1 Å². The van der Waals surface area contributed by atoms with Crippen LogP contribution < -0.4 is 5.32 Å². The number of hydrogen-bond donors (Lipinski definition) is 2. The van der Waals surface area contributed by atoms with Crippen LogP contribution in [0.1, 0.15) is 18.4 Å². The maximum absolute atomic E-state index is 13.3. The van der Waals surface area contributed by atoms with Gasteiger partial charge in [-0.05, 0) is 46.5 Å². The minimum atomic E-state index is -0.922. The van der Waals surface area contributed by atoms with Crippen molar-refractivity contribution in [2.75, 3.05) is 0 Å². The first-order valence-electron chi connectivity index (χ1n) is 5.38.